The molecule has 0 aliphatic carbocycles. The van der Waals surface area contributed by atoms with E-state index in [4.69, 9.17) is 24.1 Å². The predicted octanol–water partition coefficient (Wildman–Crippen LogP) is 3.76. The van der Waals surface area contributed by atoms with E-state index in [0.717, 1.165) is 50.6 Å². The van der Waals surface area contributed by atoms with Gasteiger partial charge in [0.1, 0.15) is 25.0 Å². The number of ketones is 4. The summed E-state index contributed by atoms with van der Waals surface area (Å²) in [4.78, 5) is 130. The lowest BCUT2D eigenvalue weighted by atomic mass is 9.97. The number of hydrogen-bond donors (Lipinski definition) is 10. The third-order valence-electron chi connectivity index (χ3n) is 13.8. The highest BCUT2D eigenvalue weighted by molar-refractivity contribution is 5.94. The van der Waals surface area contributed by atoms with Crippen LogP contribution in [0.5, 0.6) is 0 Å². The Kier molecular flexibility index (Phi) is 44.3. The first-order valence-corrected chi connectivity index (χ1v) is 30.3. The van der Waals surface area contributed by atoms with E-state index in [9.17, 15) is 58.2 Å². The molecule has 4 amide bonds. The van der Waals surface area contributed by atoms with Crippen molar-refractivity contribution < 1.29 is 82.2 Å². The van der Waals surface area contributed by atoms with Crippen LogP contribution in [0, 0.1) is 0 Å². The molecule has 0 spiro atoms. The van der Waals surface area contributed by atoms with Crippen LogP contribution in [0.15, 0.2) is 12.5 Å². The predicted molar refractivity (Wildman–Crippen MR) is 313 cm³/mol. The number of imidazole rings is 1. The Bertz CT molecular complexity index is 2040. The Morgan fingerprint density at radius 1 is 0.571 bits per heavy atom. The molecule has 1 rings (SSSR count). The SMILES string of the molecule is CC(=O)[C@@H](NCC(=O)[C@H](CCCCNC(=O)COCCOCCCC(=O)COCCOCCNC(=O)CC[C@H](NC(=O)CCCCCCCCCCCCCCCCC(=O)O)C(=O)O)NCC(=O)C(C)(C)NC(=O)CCc1cnc[nH]1)[C@@H](C)O. The lowest BCUT2D eigenvalue weighted by molar-refractivity contribution is -0.142. The number of unbranched alkanes of at least 4 members (excludes halogenated alkanes) is 14. The van der Waals surface area contributed by atoms with Gasteiger partial charge in [0.2, 0.25) is 23.6 Å². The van der Waals surface area contributed by atoms with Gasteiger partial charge < -0.3 is 65.8 Å². The van der Waals surface area contributed by atoms with Gasteiger partial charge in [-0.05, 0) is 79.1 Å². The zero-order valence-electron chi connectivity index (χ0n) is 50.6. The average Bonchev–Trinajstić information content (AvgIpc) is 4.13. The van der Waals surface area contributed by atoms with Crippen molar-refractivity contribution in [2.24, 2.45) is 0 Å². The van der Waals surface area contributed by atoms with E-state index >= 15 is 0 Å². The van der Waals surface area contributed by atoms with Crippen LogP contribution in [0.4, 0.5) is 0 Å². The highest BCUT2D eigenvalue weighted by Crippen LogP contribution is 2.15. The number of carbonyl (C=O) groups is 10. The number of nitrogens with one attached hydrogen (secondary N) is 7. The van der Waals surface area contributed by atoms with E-state index in [-0.39, 0.29) is 151 Å². The molecule has 25 nitrogen and oxygen atoms in total. The molecule has 0 saturated heterocycles. The summed E-state index contributed by atoms with van der Waals surface area (Å²) in [5.74, 6) is -4.43. The minimum absolute atomic E-state index is 0.0448. The van der Waals surface area contributed by atoms with E-state index in [1.54, 1.807) is 20.0 Å². The zero-order chi connectivity index (χ0) is 62.2. The number of aromatic amines is 1. The van der Waals surface area contributed by atoms with Crippen LogP contribution in [-0.2, 0) is 73.3 Å². The maximum Gasteiger partial charge on any atom is 0.326 e. The monoisotopic (exact) mass is 1190 g/mol. The van der Waals surface area contributed by atoms with Gasteiger partial charge in [0.05, 0.1) is 76.2 Å². The van der Waals surface area contributed by atoms with Gasteiger partial charge in [-0.1, -0.05) is 77.0 Å². The number of carbonyl (C=O) groups excluding carboxylic acids is 8. The van der Waals surface area contributed by atoms with Crippen molar-refractivity contribution in [2.75, 3.05) is 79.0 Å². The maximum atomic E-state index is 13.3. The Hall–Kier alpha value is -5.57. The summed E-state index contributed by atoms with van der Waals surface area (Å²) in [6, 6.07) is -2.91. The number of aliphatic hydroxyl groups is 1. The molecule has 1 heterocycles. The first kappa shape index (κ1) is 76.4. The van der Waals surface area contributed by atoms with Crippen molar-refractivity contribution in [3.8, 4) is 0 Å². The van der Waals surface area contributed by atoms with Gasteiger partial charge in [-0.3, -0.25) is 48.5 Å². The van der Waals surface area contributed by atoms with Crippen molar-refractivity contribution in [3.63, 3.8) is 0 Å². The van der Waals surface area contributed by atoms with E-state index in [1.165, 1.54) is 58.7 Å². The van der Waals surface area contributed by atoms with Crippen LogP contribution in [0.25, 0.3) is 0 Å². The second-order valence-electron chi connectivity index (χ2n) is 21.8. The van der Waals surface area contributed by atoms with E-state index in [1.807, 2.05) is 0 Å². The van der Waals surface area contributed by atoms with Crippen LogP contribution in [0.2, 0.25) is 0 Å². The molecule has 1 aromatic heterocycles. The van der Waals surface area contributed by atoms with Crippen molar-refractivity contribution in [2.45, 2.75) is 218 Å². The first-order valence-electron chi connectivity index (χ1n) is 30.3. The number of ether oxygens (including phenoxy) is 4. The molecule has 0 saturated carbocycles. The molecule has 10 N–H and O–H groups in total. The van der Waals surface area contributed by atoms with Crippen molar-refractivity contribution >= 4 is 58.7 Å². The second kappa shape index (κ2) is 48.6. The Morgan fingerprint density at radius 3 is 1.74 bits per heavy atom. The minimum atomic E-state index is -1.23. The van der Waals surface area contributed by atoms with Gasteiger partial charge in [-0.15, -0.1) is 0 Å². The highest BCUT2D eigenvalue weighted by Gasteiger charge is 2.31. The summed E-state index contributed by atoms with van der Waals surface area (Å²) in [5.41, 5.74) is -0.448. The number of aromatic nitrogens is 2. The molecule has 1 aromatic rings. The number of rotatable bonds is 58. The zero-order valence-corrected chi connectivity index (χ0v) is 50.6. The highest BCUT2D eigenvalue weighted by atomic mass is 16.5. The number of carboxylic acids is 2. The van der Waals surface area contributed by atoms with Crippen molar-refractivity contribution in [1.82, 2.24) is 41.9 Å². The topological polar surface area (TPSA) is 369 Å². The third-order valence-corrected chi connectivity index (χ3v) is 13.8. The summed E-state index contributed by atoms with van der Waals surface area (Å²) in [6.07, 6.45) is 19.9. The number of Topliss-reactive ketones (excluding diaryl/α,β-unsaturated/α-hetero) is 4. The lowest BCUT2D eigenvalue weighted by Gasteiger charge is -2.27. The van der Waals surface area contributed by atoms with Gasteiger partial charge in [-0.2, -0.15) is 0 Å². The van der Waals surface area contributed by atoms with Crippen LogP contribution < -0.4 is 31.9 Å². The molecule has 0 aliphatic heterocycles. The molecule has 480 valence electrons. The molecule has 0 aliphatic rings. The lowest BCUT2D eigenvalue weighted by Crippen LogP contribution is -2.55. The number of carboxylic acid groups (broad SMARTS) is 2. The fourth-order valence-corrected chi connectivity index (χ4v) is 8.77. The smallest absolute Gasteiger partial charge is 0.326 e. The number of aliphatic carboxylic acids is 2. The Labute approximate surface area is 496 Å². The summed E-state index contributed by atoms with van der Waals surface area (Å²) < 4.78 is 21.7. The summed E-state index contributed by atoms with van der Waals surface area (Å²) in [5, 5.41) is 44.7. The Balaban J connectivity index is 2.12. The van der Waals surface area contributed by atoms with Gasteiger partial charge in [0, 0.05) is 63.7 Å². The third kappa shape index (κ3) is 42.3. The minimum Gasteiger partial charge on any atom is -0.481 e. The molecule has 0 radical (unpaired) electrons. The van der Waals surface area contributed by atoms with Crippen LogP contribution in [0.1, 0.15) is 187 Å². The molecule has 84 heavy (non-hydrogen) atoms. The number of hydrogen-bond acceptors (Lipinski definition) is 18. The quantitative estimate of drug-likeness (QED) is 0.0415. The molecule has 0 bridgehead atoms. The molecule has 0 fully saturated rings. The van der Waals surface area contributed by atoms with Crippen LogP contribution in [0.3, 0.4) is 0 Å². The normalized spacial score (nSPS) is 12.9. The fourth-order valence-electron chi connectivity index (χ4n) is 8.77. The number of H-pyrrole nitrogens is 1. The van der Waals surface area contributed by atoms with E-state index in [2.05, 4.69) is 41.9 Å². The van der Waals surface area contributed by atoms with E-state index < -0.39 is 41.7 Å². The summed E-state index contributed by atoms with van der Waals surface area (Å²) in [6.45, 7) is 6.84. The standard InChI is InChI=1S/C59H102N8O17/c1-44(68)57(45(2)69)64-39-50(71)48(63-40-51(72)59(3,4)67-54(75)28-26-46-38-60-43-65-46)23-19-20-30-61-55(76)42-84-37-34-81-32-21-22-47(70)41-83-36-35-82-33-31-62-52(73)29-27-49(58(79)80)66-53(74)24-17-15-13-11-9-7-5-6-8-10-12-14-16-18-25-56(77)78/h38,43-44,48-49,57,63-64,68H,5-37,39-42H2,1-4H3,(H,60,65)(H,61,76)(H,62,73)(H,66,74)(H,67,75)(H,77,78)(H,79,80)/t44-,48+,49+,57+/m1/s1. The molecule has 0 aromatic carbocycles. The Morgan fingerprint density at radius 2 is 1.15 bits per heavy atom. The summed E-state index contributed by atoms with van der Waals surface area (Å²) in [7, 11) is 0. The fraction of sp³-hybridized carbons (Fsp3) is 0.780. The van der Waals surface area contributed by atoms with Crippen LogP contribution >= 0.6 is 0 Å². The number of amides is 4. The molecule has 0 unspecified atom stereocenters. The van der Waals surface area contributed by atoms with Crippen molar-refractivity contribution in [3.05, 3.63) is 18.2 Å². The first-order chi connectivity index (χ1) is 40.2. The number of aryl methyl sites for hydroxylation is 1. The average molecular weight is 1200 g/mol. The van der Waals surface area contributed by atoms with Gasteiger partial charge >= 0.3 is 11.9 Å². The molecular formula is C59H102N8O17. The second-order valence-corrected chi connectivity index (χ2v) is 21.8. The molecule has 4 atom stereocenters. The van der Waals surface area contributed by atoms with E-state index in [0.29, 0.717) is 51.7 Å². The van der Waals surface area contributed by atoms with Gasteiger partial charge in [0.25, 0.3) is 0 Å². The van der Waals surface area contributed by atoms with Gasteiger partial charge in [-0.25, -0.2) is 9.78 Å². The van der Waals surface area contributed by atoms with Gasteiger partial charge in [0.15, 0.2) is 17.3 Å². The largest absolute Gasteiger partial charge is 0.481 e. The van der Waals surface area contributed by atoms with Crippen molar-refractivity contribution in [1.29, 1.82) is 0 Å². The number of aliphatic hydroxyl groups excluding tert-OH is 1. The molecule has 25 heteroatoms. The number of nitrogens with zero attached hydrogens (tertiary/aromatic N) is 1. The molecular weight excluding hydrogens is 1090 g/mol. The van der Waals surface area contributed by atoms with Crippen LogP contribution in [-0.4, -0.2) is 193 Å². The maximum absolute atomic E-state index is 13.3. The summed E-state index contributed by atoms with van der Waals surface area (Å²) >= 11 is 0.